The van der Waals surface area contributed by atoms with Crippen molar-refractivity contribution in [1.29, 1.82) is 0 Å². The number of sulfonamides is 1. The van der Waals surface area contributed by atoms with Crippen LogP contribution in [0, 0.1) is 20.8 Å². The summed E-state index contributed by atoms with van der Waals surface area (Å²) in [7, 11) is -3.81. The van der Waals surface area contributed by atoms with Gasteiger partial charge in [-0.05, 0) is 62.2 Å². The van der Waals surface area contributed by atoms with Crippen LogP contribution in [0.3, 0.4) is 0 Å². The van der Waals surface area contributed by atoms with E-state index in [1.54, 1.807) is 30.0 Å². The largest absolute Gasteiger partial charge is 0.336 e. The van der Waals surface area contributed by atoms with Crippen LogP contribution in [0.15, 0.2) is 41.3 Å². The van der Waals surface area contributed by atoms with Crippen LogP contribution in [-0.2, 0) is 10.0 Å². The summed E-state index contributed by atoms with van der Waals surface area (Å²) >= 11 is 0. The Morgan fingerprint density at radius 3 is 2.34 bits per heavy atom. The highest BCUT2D eigenvalue weighted by molar-refractivity contribution is 7.92. The third-order valence-corrected chi connectivity index (χ3v) is 7.19. The second-order valence-electron chi connectivity index (χ2n) is 7.56. The molecule has 1 fully saturated rings. The molecule has 0 saturated carbocycles. The van der Waals surface area contributed by atoms with E-state index in [1.807, 2.05) is 26.0 Å². The Morgan fingerprint density at radius 1 is 1.00 bits per heavy atom. The van der Waals surface area contributed by atoms with Crippen LogP contribution < -0.4 is 4.72 Å². The van der Waals surface area contributed by atoms with Crippen molar-refractivity contribution < 1.29 is 13.2 Å². The van der Waals surface area contributed by atoms with Crippen molar-refractivity contribution in [2.45, 2.75) is 32.6 Å². The lowest BCUT2D eigenvalue weighted by molar-refractivity contribution is 0.0643. The van der Waals surface area contributed by atoms with Crippen LogP contribution in [0.25, 0.3) is 0 Å². The molecule has 0 unspecified atom stereocenters. The van der Waals surface area contributed by atoms with Crippen molar-refractivity contribution in [1.82, 2.24) is 9.80 Å². The second-order valence-corrected chi connectivity index (χ2v) is 9.21. The number of likely N-dealkylation sites (N-methyl/N-ethyl adjacent to an activating group) is 1. The van der Waals surface area contributed by atoms with Gasteiger partial charge in [-0.25, -0.2) is 8.42 Å². The molecular weight excluding hydrogens is 386 g/mol. The van der Waals surface area contributed by atoms with E-state index in [2.05, 4.69) is 16.5 Å². The van der Waals surface area contributed by atoms with E-state index in [-0.39, 0.29) is 10.8 Å². The molecule has 1 amide bonds. The minimum Gasteiger partial charge on any atom is -0.336 e. The van der Waals surface area contributed by atoms with E-state index in [1.165, 1.54) is 6.07 Å². The first-order chi connectivity index (χ1) is 13.7. The molecule has 0 radical (unpaired) electrons. The van der Waals surface area contributed by atoms with Gasteiger partial charge < -0.3 is 9.80 Å². The zero-order valence-corrected chi connectivity index (χ0v) is 18.3. The number of piperazine rings is 1. The van der Waals surface area contributed by atoms with Crippen molar-refractivity contribution in [2.24, 2.45) is 0 Å². The number of anilines is 1. The molecule has 156 valence electrons. The fourth-order valence-electron chi connectivity index (χ4n) is 3.53. The summed E-state index contributed by atoms with van der Waals surface area (Å²) in [5, 5.41) is 0. The minimum atomic E-state index is -3.81. The van der Waals surface area contributed by atoms with Crippen molar-refractivity contribution >= 4 is 21.6 Å². The zero-order chi connectivity index (χ0) is 21.2. The first-order valence-corrected chi connectivity index (χ1v) is 11.4. The van der Waals surface area contributed by atoms with Gasteiger partial charge in [0.2, 0.25) is 0 Å². The average molecular weight is 416 g/mol. The van der Waals surface area contributed by atoms with Gasteiger partial charge in [0.15, 0.2) is 0 Å². The maximum atomic E-state index is 13.1. The van der Waals surface area contributed by atoms with Crippen LogP contribution in [0.1, 0.15) is 34.0 Å². The fourth-order valence-corrected chi connectivity index (χ4v) is 4.93. The predicted molar refractivity (Wildman–Crippen MR) is 116 cm³/mol. The second kappa shape index (κ2) is 8.55. The van der Waals surface area contributed by atoms with Crippen molar-refractivity contribution in [3.63, 3.8) is 0 Å². The number of nitrogens with zero attached hydrogens (tertiary/aromatic N) is 2. The van der Waals surface area contributed by atoms with E-state index in [0.29, 0.717) is 29.9 Å². The smallest absolute Gasteiger partial charge is 0.262 e. The lowest BCUT2D eigenvalue weighted by Crippen LogP contribution is -2.48. The highest BCUT2D eigenvalue weighted by Gasteiger charge is 2.24. The Morgan fingerprint density at radius 2 is 1.69 bits per heavy atom. The summed E-state index contributed by atoms with van der Waals surface area (Å²) in [6.45, 7) is 11.6. The molecule has 2 aromatic carbocycles. The standard InChI is InChI=1S/C22H29N3O3S/c1-5-24-11-13-25(14-12-24)22(26)19-10-9-17(3)21(15-19)29(27,28)23-20-8-6-7-16(2)18(20)4/h6-10,15,23H,5,11-14H2,1-4H3. The Bertz CT molecular complexity index is 1010. The molecule has 0 atom stereocenters. The van der Waals surface area contributed by atoms with Crippen molar-refractivity contribution in [3.05, 3.63) is 58.7 Å². The summed E-state index contributed by atoms with van der Waals surface area (Å²) in [6, 6.07) is 10.4. The van der Waals surface area contributed by atoms with Gasteiger partial charge in [-0.1, -0.05) is 25.1 Å². The highest BCUT2D eigenvalue weighted by atomic mass is 32.2. The molecule has 1 N–H and O–H groups in total. The van der Waals surface area contributed by atoms with Gasteiger partial charge in [-0.15, -0.1) is 0 Å². The molecule has 3 rings (SSSR count). The molecule has 1 aliphatic heterocycles. The summed E-state index contributed by atoms with van der Waals surface area (Å²) in [6.07, 6.45) is 0. The van der Waals surface area contributed by atoms with E-state index in [4.69, 9.17) is 0 Å². The van der Waals surface area contributed by atoms with Crippen LogP contribution >= 0.6 is 0 Å². The summed E-state index contributed by atoms with van der Waals surface area (Å²) < 4.78 is 28.8. The van der Waals surface area contributed by atoms with Gasteiger partial charge >= 0.3 is 0 Å². The first-order valence-electron chi connectivity index (χ1n) is 9.94. The third-order valence-electron chi connectivity index (χ3n) is 5.68. The lowest BCUT2D eigenvalue weighted by atomic mass is 10.1. The molecule has 0 bridgehead atoms. The van der Waals surface area contributed by atoms with Gasteiger partial charge in [0.05, 0.1) is 10.6 Å². The zero-order valence-electron chi connectivity index (χ0n) is 17.5. The molecule has 1 heterocycles. The van der Waals surface area contributed by atoms with Gasteiger partial charge in [-0.2, -0.15) is 0 Å². The van der Waals surface area contributed by atoms with Crippen LogP contribution in [-0.4, -0.2) is 56.8 Å². The topological polar surface area (TPSA) is 69.7 Å². The number of nitrogens with one attached hydrogen (secondary N) is 1. The summed E-state index contributed by atoms with van der Waals surface area (Å²) in [5.74, 6) is -0.121. The number of aryl methyl sites for hydroxylation is 2. The van der Waals surface area contributed by atoms with Crippen molar-refractivity contribution in [2.75, 3.05) is 37.4 Å². The molecule has 7 heteroatoms. The quantitative estimate of drug-likeness (QED) is 0.814. The molecule has 0 spiro atoms. The van der Waals surface area contributed by atoms with E-state index >= 15 is 0 Å². The Hall–Kier alpha value is -2.38. The minimum absolute atomic E-state index is 0.121. The number of hydrogen-bond donors (Lipinski definition) is 1. The van der Waals surface area contributed by atoms with Gasteiger partial charge in [-0.3, -0.25) is 9.52 Å². The van der Waals surface area contributed by atoms with E-state index in [9.17, 15) is 13.2 Å². The maximum Gasteiger partial charge on any atom is 0.262 e. The Labute approximate surface area is 173 Å². The normalized spacial score (nSPS) is 15.4. The molecule has 6 nitrogen and oxygen atoms in total. The number of amides is 1. The van der Waals surface area contributed by atoms with Gasteiger partial charge in [0.1, 0.15) is 0 Å². The lowest BCUT2D eigenvalue weighted by Gasteiger charge is -2.34. The number of carbonyl (C=O) groups excluding carboxylic acids is 1. The van der Waals surface area contributed by atoms with Crippen LogP contribution in [0.4, 0.5) is 5.69 Å². The summed E-state index contributed by atoms with van der Waals surface area (Å²) in [5.41, 5.74) is 3.46. The van der Waals surface area contributed by atoms with Crippen LogP contribution in [0.2, 0.25) is 0 Å². The Balaban J connectivity index is 1.86. The molecule has 0 aliphatic carbocycles. The third kappa shape index (κ3) is 4.62. The first kappa shape index (κ1) is 21.3. The highest BCUT2D eigenvalue weighted by Crippen LogP contribution is 2.25. The summed E-state index contributed by atoms with van der Waals surface area (Å²) in [4.78, 5) is 17.2. The molecule has 1 saturated heterocycles. The number of rotatable bonds is 5. The van der Waals surface area contributed by atoms with Gasteiger partial charge in [0, 0.05) is 31.7 Å². The average Bonchev–Trinajstić information content (AvgIpc) is 2.71. The number of benzene rings is 2. The molecule has 29 heavy (non-hydrogen) atoms. The molecule has 0 aromatic heterocycles. The molecular formula is C22H29N3O3S. The van der Waals surface area contributed by atoms with Gasteiger partial charge in [0.25, 0.3) is 15.9 Å². The predicted octanol–water partition coefficient (Wildman–Crippen LogP) is 3.19. The maximum absolute atomic E-state index is 13.1. The monoisotopic (exact) mass is 415 g/mol. The molecule has 2 aromatic rings. The Kier molecular flexibility index (Phi) is 6.29. The number of carbonyl (C=O) groups is 1. The fraction of sp³-hybridized carbons (Fsp3) is 0.409. The molecule has 1 aliphatic rings. The van der Waals surface area contributed by atoms with E-state index < -0.39 is 10.0 Å². The van der Waals surface area contributed by atoms with Crippen LogP contribution in [0.5, 0.6) is 0 Å². The SMILES string of the molecule is CCN1CCN(C(=O)c2ccc(C)c(S(=O)(=O)Nc3cccc(C)c3C)c2)CC1. The van der Waals surface area contributed by atoms with Crippen molar-refractivity contribution in [3.8, 4) is 0 Å². The van der Waals surface area contributed by atoms with E-state index in [0.717, 1.165) is 30.8 Å². The number of hydrogen-bond acceptors (Lipinski definition) is 4.